The van der Waals surface area contributed by atoms with Crippen molar-refractivity contribution < 1.29 is 9.90 Å². The lowest BCUT2D eigenvalue weighted by molar-refractivity contribution is -0.131. The van der Waals surface area contributed by atoms with Crippen molar-refractivity contribution in [3.8, 4) is 0 Å². The highest BCUT2D eigenvalue weighted by Crippen LogP contribution is 2.19. The van der Waals surface area contributed by atoms with Crippen molar-refractivity contribution in [3.05, 3.63) is 0 Å². The molecule has 1 aliphatic rings. The van der Waals surface area contributed by atoms with Gasteiger partial charge in [-0.3, -0.25) is 4.79 Å². The summed E-state index contributed by atoms with van der Waals surface area (Å²) < 4.78 is 0. The van der Waals surface area contributed by atoms with E-state index in [0.29, 0.717) is 6.54 Å². The van der Waals surface area contributed by atoms with E-state index in [9.17, 15) is 9.90 Å². The van der Waals surface area contributed by atoms with Crippen LogP contribution in [0.4, 0.5) is 0 Å². The summed E-state index contributed by atoms with van der Waals surface area (Å²) in [6, 6.07) is -0.423. The number of carbonyl (C=O) groups is 1. The van der Waals surface area contributed by atoms with Crippen molar-refractivity contribution in [1.29, 1.82) is 0 Å². The van der Waals surface area contributed by atoms with Gasteiger partial charge in [0.25, 0.3) is 0 Å². The zero-order chi connectivity index (χ0) is 10.0. The first-order valence-corrected chi connectivity index (χ1v) is 4.74. The first-order chi connectivity index (χ1) is 6.02. The number of amides is 1. The molecular weight excluding hydrogens is 168 g/mol. The van der Waals surface area contributed by atoms with Gasteiger partial charge in [0.15, 0.2) is 0 Å². The molecule has 0 saturated carbocycles. The van der Waals surface area contributed by atoms with Gasteiger partial charge >= 0.3 is 0 Å². The maximum absolute atomic E-state index is 11.4. The normalized spacial score (nSPS) is 27.4. The quantitative estimate of drug-likeness (QED) is 0.614. The van der Waals surface area contributed by atoms with Crippen LogP contribution in [-0.4, -0.2) is 41.1 Å². The number of rotatable bonds is 2. The van der Waals surface area contributed by atoms with Crippen LogP contribution in [0.2, 0.25) is 0 Å². The molecule has 1 aliphatic heterocycles. The number of aliphatic hydroxyl groups excluding tert-OH is 1. The second kappa shape index (κ2) is 4.07. The van der Waals surface area contributed by atoms with Crippen molar-refractivity contribution in [2.75, 3.05) is 13.1 Å². The van der Waals surface area contributed by atoms with Gasteiger partial charge in [0, 0.05) is 19.0 Å². The van der Waals surface area contributed by atoms with Gasteiger partial charge in [0.2, 0.25) is 5.91 Å². The molecule has 1 saturated heterocycles. The number of aliphatic hydroxyl groups is 1. The Kier molecular flexibility index (Phi) is 3.27. The maximum Gasteiger partial charge on any atom is 0.239 e. The summed E-state index contributed by atoms with van der Waals surface area (Å²) >= 11 is 0. The first-order valence-electron chi connectivity index (χ1n) is 4.74. The molecule has 1 heterocycles. The highest BCUT2D eigenvalue weighted by molar-refractivity contribution is 5.81. The summed E-state index contributed by atoms with van der Waals surface area (Å²) in [5, 5.41) is 9.32. The Morgan fingerprint density at radius 2 is 2.23 bits per heavy atom. The molecular formula is C9H18N2O2. The van der Waals surface area contributed by atoms with Gasteiger partial charge in [-0.2, -0.15) is 0 Å². The third-order valence-electron chi connectivity index (χ3n) is 2.61. The van der Waals surface area contributed by atoms with Gasteiger partial charge in [0.1, 0.15) is 0 Å². The number of hydrogen-bond donors (Lipinski definition) is 2. The van der Waals surface area contributed by atoms with Crippen LogP contribution in [0.3, 0.4) is 0 Å². The molecule has 3 atom stereocenters. The lowest BCUT2D eigenvalue weighted by atomic mass is 10.0. The number of nitrogens with zero attached hydrogens (tertiary/aromatic N) is 1. The fourth-order valence-corrected chi connectivity index (χ4v) is 1.67. The zero-order valence-electron chi connectivity index (χ0n) is 8.23. The third-order valence-corrected chi connectivity index (χ3v) is 2.61. The number of carbonyl (C=O) groups excluding carboxylic acids is 1. The van der Waals surface area contributed by atoms with Gasteiger partial charge in [-0.05, 0) is 20.3 Å². The predicted octanol–water partition coefficient (Wildman–Crippen LogP) is -0.437. The number of likely N-dealkylation sites (tertiary alicyclic amines) is 1. The molecule has 1 rings (SSSR count). The SMILES string of the molecule is CC(O)C1CCN(C(=O)[C@H](C)N)C1. The fraction of sp³-hybridized carbons (Fsp3) is 0.889. The molecule has 4 nitrogen and oxygen atoms in total. The van der Waals surface area contributed by atoms with Crippen LogP contribution in [0.25, 0.3) is 0 Å². The monoisotopic (exact) mass is 186 g/mol. The molecule has 76 valence electrons. The maximum atomic E-state index is 11.4. The Morgan fingerprint density at radius 1 is 1.62 bits per heavy atom. The van der Waals surface area contributed by atoms with Crippen LogP contribution in [0, 0.1) is 5.92 Å². The molecule has 0 spiro atoms. The Hall–Kier alpha value is -0.610. The third kappa shape index (κ3) is 2.42. The molecule has 4 heteroatoms. The van der Waals surface area contributed by atoms with Gasteiger partial charge in [-0.1, -0.05) is 0 Å². The van der Waals surface area contributed by atoms with Crippen LogP contribution >= 0.6 is 0 Å². The van der Waals surface area contributed by atoms with Gasteiger partial charge in [-0.15, -0.1) is 0 Å². The molecule has 2 unspecified atom stereocenters. The van der Waals surface area contributed by atoms with Crippen LogP contribution in [0.15, 0.2) is 0 Å². The van der Waals surface area contributed by atoms with E-state index in [1.807, 2.05) is 0 Å². The fourth-order valence-electron chi connectivity index (χ4n) is 1.67. The van der Waals surface area contributed by atoms with E-state index in [-0.39, 0.29) is 17.9 Å². The summed E-state index contributed by atoms with van der Waals surface area (Å²) in [7, 11) is 0. The van der Waals surface area contributed by atoms with Crippen LogP contribution in [-0.2, 0) is 4.79 Å². The van der Waals surface area contributed by atoms with Crippen LogP contribution in [0.1, 0.15) is 20.3 Å². The van der Waals surface area contributed by atoms with E-state index in [0.717, 1.165) is 13.0 Å². The lowest BCUT2D eigenvalue weighted by Crippen LogP contribution is -2.41. The number of hydrogen-bond acceptors (Lipinski definition) is 3. The zero-order valence-corrected chi connectivity index (χ0v) is 8.23. The topological polar surface area (TPSA) is 66.6 Å². The van der Waals surface area contributed by atoms with Gasteiger partial charge in [-0.25, -0.2) is 0 Å². The minimum Gasteiger partial charge on any atom is -0.393 e. The highest BCUT2D eigenvalue weighted by atomic mass is 16.3. The van der Waals surface area contributed by atoms with Crippen LogP contribution in [0.5, 0.6) is 0 Å². The predicted molar refractivity (Wildman–Crippen MR) is 50.0 cm³/mol. The first kappa shape index (κ1) is 10.5. The van der Waals surface area contributed by atoms with E-state index >= 15 is 0 Å². The average molecular weight is 186 g/mol. The summed E-state index contributed by atoms with van der Waals surface area (Å²) in [4.78, 5) is 13.2. The van der Waals surface area contributed by atoms with E-state index in [1.165, 1.54) is 0 Å². The Bertz CT molecular complexity index is 192. The highest BCUT2D eigenvalue weighted by Gasteiger charge is 2.29. The van der Waals surface area contributed by atoms with E-state index < -0.39 is 6.04 Å². The minimum atomic E-state index is -0.423. The molecule has 1 fully saturated rings. The molecule has 3 N–H and O–H groups in total. The molecule has 0 radical (unpaired) electrons. The molecule has 0 aromatic heterocycles. The van der Waals surface area contributed by atoms with Crippen molar-refractivity contribution in [1.82, 2.24) is 4.90 Å². The summed E-state index contributed by atoms with van der Waals surface area (Å²) in [5.74, 6) is 0.214. The summed E-state index contributed by atoms with van der Waals surface area (Å²) in [6.45, 7) is 4.84. The summed E-state index contributed by atoms with van der Waals surface area (Å²) in [5.41, 5.74) is 5.48. The molecule has 0 aromatic carbocycles. The molecule has 0 aromatic rings. The van der Waals surface area contributed by atoms with Crippen molar-refractivity contribution >= 4 is 5.91 Å². The van der Waals surface area contributed by atoms with Crippen molar-refractivity contribution in [3.63, 3.8) is 0 Å². The van der Waals surface area contributed by atoms with Crippen LogP contribution < -0.4 is 5.73 Å². The molecule has 0 aliphatic carbocycles. The van der Waals surface area contributed by atoms with Gasteiger partial charge < -0.3 is 15.7 Å². The number of nitrogens with two attached hydrogens (primary N) is 1. The van der Waals surface area contributed by atoms with E-state index in [2.05, 4.69) is 0 Å². The van der Waals surface area contributed by atoms with E-state index in [4.69, 9.17) is 5.73 Å². The Morgan fingerprint density at radius 3 is 2.62 bits per heavy atom. The minimum absolute atomic E-state index is 0.0110. The van der Waals surface area contributed by atoms with Gasteiger partial charge in [0.05, 0.1) is 12.1 Å². The summed E-state index contributed by atoms with van der Waals surface area (Å²) in [6.07, 6.45) is 0.557. The van der Waals surface area contributed by atoms with Crippen molar-refractivity contribution in [2.24, 2.45) is 11.7 Å². The smallest absolute Gasteiger partial charge is 0.239 e. The largest absolute Gasteiger partial charge is 0.393 e. The molecule has 13 heavy (non-hydrogen) atoms. The second-order valence-electron chi connectivity index (χ2n) is 3.86. The molecule has 1 amide bonds. The van der Waals surface area contributed by atoms with E-state index in [1.54, 1.807) is 18.7 Å². The Balaban J connectivity index is 2.45. The second-order valence-corrected chi connectivity index (χ2v) is 3.86. The Labute approximate surface area is 78.7 Å². The standard InChI is InChI=1S/C9H18N2O2/c1-6(10)9(13)11-4-3-8(5-11)7(2)12/h6-8,12H,3-5,10H2,1-2H3/t6-,7?,8?/m0/s1. The van der Waals surface area contributed by atoms with Crippen molar-refractivity contribution in [2.45, 2.75) is 32.4 Å². The molecule has 0 bridgehead atoms. The average Bonchev–Trinajstić information content (AvgIpc) is 2.50. The lowest BCUT2D eigenvalue weighted by Gasteiger charge is -2.19.